The summed E-state index contributed by atoms with van der Waals surface area (Å²) in [4.78, 5) is 15.5. The van der Waals surface area contributed by atoms with E-state index in [1.54, 1.807) is 0 Å². The Kier molecular flexibility index (Phi) is 5.26. The summed E-state index contributed by atoms with van der Waals surface area (Å²) < 4.78 is 23.2. The van der Waals surface area contributed by atoms with Crippen molar-refractivity contribution >= 4 is 11.9 Å². The molecule has 0 radical (unpaired) electrons. The molecule has 0 aliphatic carbocycles. The normalized spacial score (nSPS) is 17.4. The van der Waals surface area contributed by atoms with E-state index in [0.717, 1.165) is 39.5 Å². The van der Waals surface area contributed by atoms with Crippen LogP contribution in [0, 0.1) is 6.92 Å². The number of ether oxygens (including phenoxy) is 4. The molecule has 3 aliphatic heterocycles. The molecule has 6 nitrogen and oxygen atoms in total. The number of ketones is 1. The van der Waals surface area contributed by atoms with E-state index >= 15 is 0 Å². The molecule has 0 bridgehead atoms. The number of Topliss-reactive ketones (excluding diaryl/α,β-unsaturated/α-hetero) is 1. The second-order valence-electron chi connectivity index (χ2n) is 9.58. The smallest absolute Gasteiger partial charge is 0.232 e. The Balaban J connectivity index is 1.27. The number of carbonyl (C=O) groups excluding carboxylic acids is 1. The Morgan fingerprint density at radius 3 is 2.57 bits per heavy atom. The summed E-state index contributed by atoms with van der Waals surface area (Å²) in [7, 11) is 0. The highest BCUT2D eigenvalue weighted by Crippen LogP contribution is 2.44. The second-order valence-corrected chi connectivity index (χ2v) is 9.58. The molecule has 0 amide bonds. The molecule has 0 aromatic heterocycles. The van der Waals surface area contributed by atoms with Gasteiger partial charge in [-0.2, -0.15) is 0 Å². The molecule has 178 valence electrons. The van der Waals surface area contributed by atoms with Crippen molar-refractivity contribution in [2.24, 2.45) is 0 Å². The zero-order valence-corrected chi connectivity index (χ0v) is 20.1. The fourth-order valence-corrected chi connectivity index (χ4v) is 4.80. The summed E-state index contributed by atoms with van der Waals surface area (Å²) in [6, 6.07) is 16.2. The van der Waals surface area contributed by atoms with Crippen LogP contribution in [-0.4, -0.2) is 24.2 Å². The van der Waals surface area contributed by atoms with Crippen molar-refractivity contribution in [2.75, 3.05) is 13.5 Å². The van der Waals surface area contributed by atoms with Gasteiger partial charge in [0.2, 0.25) is 12.6 Å². The minimum atomic E-state index is -0.0823. The summed E-state index contributed by atoms with van der Waals surface area (Å²) in [5.41, 5.74) is 5.71. The highest BCUT2D eigenvalue weighted by Gasteiger charge is 2.35. The quantitative estimate of drug-likeness (QED) is 0.449. The minimum absolute atomic E-state index is 0.0823. The number of allylic oxidation sites excluding steroid dienone is 1. The topological polar surface area (TPSA) is 57.2 Å². The number of carbonyl (C=O) groups is 1. The Hall–Kier alpha value is -3.77. The molecule has 0 N–H and O–H groups in total. The lowest BCUT2D eigenvalue weighted by atomic mass is 9.98. The van der Waals surface area contributed by atoms with Crippen LogP contribution in [0.2, 0.25) is 0 Å². The Morgan fingerprint density at radius 1 is 0.971 bits per heavy atom. The van der Waals surface area contributed by atoms with Gasteiger partial charge in [0.25, 0.3) is 0 Å². The van der Waals surface area contributed by atoms with Gasteiger partial charge in [0.1, 0.15) is 18.2 Å². The largest absolute Gasteiger partial charge is 0.478 e. The zero-order chi connectivity index (χ0) is 24.1. The third kappa shape index (κ3) is 3.94. The van der Waals surface area contributed by atoms with Gasteiger partial charge in [0, 0.05) is 13.1 Å². The summed E-state index contributed by atoms with van der Waals surface area (Å²) >= 11 is 0. The van der Waals surface area contributed by atoms with Crippen molar-refractivity contribution in [1.29, 1.82) is 0 Å². The first kappa shape index (κ1) is 21.7. The second kappa shape index (κ2) is 8.47. The molecule has 3 aromatic rings. The van der Waals surface area contributed by atoms with Gasteiger partial charge < -0.3 is 18.9 Å². The van der Waals surface area contributed by atoms with E-state index in [-0.39, 0.29) is 12.6 Å². The van der Waals surface area contributed by atoms with Gasteiger partial charge in [-0.25, -0.2) is 0 Å². The van der Waals surface area contributed by atoms with Crippen LogP contribution in [0.5, 0.6) is 23.0 Å². The third-order valence-corrected chi connectivity index (χ3v) is 6.73. The molecule has 3 aliphatic rings. The number of aryl methyl sites for hydroxylation is 1. The summed E-state index contributed by atoms with van der Waals surface area (Å²) in [5, 5.41) is 0. The standard InChI is InChI=1S/C29H27NO5/c1-17(2)21-7-4-19(5-8-21)11-26-28(31)27-18(3)10-24-22(29(27)35-26)14-30(15-32-24)13-20-6-9-23-25(12-20)34-16-33-23/h4-12,17H,13-16H2,1-3H3/b26-11-. The molecular weight excluding hydrogens is 442 g/mol. The number of fused-ring (bicyclic) bond motifs is 4. The van der Waals surface area contributed by atoms with Crippen LogP contribution in [0.25, 0.3) is 6.08 Å². The van der Waals surface area contributed by atoms with E-state index in [9.17, 15) is 4.79 Å². The first-order valence-electron chi connectivity index (χ1n) is 11.9. The van der Waals surface area contributed by atoms with Crippen molar-refractivity contribution in [3.8, 4) is 23.0 Å². The van der Waals surface area contributed by atoms with Crippen molar-refractivity contribution in [2.45, 2.75) is 39.8 Å². The zero-order valence-electron chi connectivity index (χ0n) is 20.1. The summed E-state index contributed by atoms with van der Waals surface area (Å²) in [6.07, 6.45) is 1.83. The van der Waals surface area contributed by atoms with Crippen molar-refractivity contribution in [1.82, 2.24) is 4.90 Å². The molecule has 3 aromatic carbocycles. The predicted molar refractivity (Wildman–Crippen MR) is 132 cm³/mol. The van der Waals surface area contributed by atoms with E-state index in [4.69, 9.17) is 18.9 Å². The van der Waals surface area contributed by atoms with Crippen LogP contribution in [-0.2, 0) is 13.1 Å². The molecule has 3 heterocycles. The maximum absolute atomic E-state index is 13.3. The van der Waals surface area contributed by atoms with E-state index < -0.39 is 0 Å². The van der Waals surface area contributed by atoms with E-state index in [1.807, 2.05) is 49.4 Å². The van der Waals surface area contributed by atoms with E-state index in [2.05, 4.69) is 30.9 Å². The maximum Gasteiger partial charge on any atom is 0.232 e. The molecule has 0 saturated heterocycles. The maximum atomic E-state index is 13.3. The number of nitrogens with zero attached hydrogens (tertiary/aromatic N) is 1. The van der Waals surface area contributed by atoms with Crippen LogP contribution < -0.4 is 18.9 Å². The van der Waals surface area contributed by atoms with Crippen LogP contribution >= 0.6 is 0 Å². The number of hydrogen-bond acceptors (Lipinski definition) is 6. The monoisotopic (exact) mass is 469 g/mol. The van der Waals surface area contributed by atoms with Gasteiger partial charge in [0.05, 0.1) is 11.1 Å². The fraction of sp³-hybridized carbons (Fsp3) is 0.276. The highest BCUT2D eigenvalue weighted by molar-refractivity contribution is 6.15. The van der Waals surface area contributed by atoms with Gasteiger partial charge in [-0.3, -0.25) is 9.69 Å². The van der Waals surface area contributed by atoms with E-state index in [1.165, 1.54) is 5.56 Å². The molecule has 0 atom stereocenters. The molecule has 0 saturated carbocycles. The summed E-state index contributed by atoms with van der Waals surface area (Å²) in [5.74, 6) is 3.65. The van der Waals surface area contributed by atoms with Crippen LogP contribution in [0.3, 0.4) is 0 Å². The lowest BCUT2D eigenvalue weighted by Crippen LogP contribution is -2.31. The number of hydrogen-bond donors (Lipinski definition) is 0. The molecule has 35 heavy (non-hydrogen) atoms. The Bertz CT molecular complexity index is 1360. The molecule has 6 heteroatoms. The van der Waals surface area contributed by atoms with Crippen LogP contribution in [0.15, 0.2) is 54.3 Å². The van der Waals surface area contributed by atoms with Crippen LogP contribution in [0.4, 0.5) is 0 Å². The number of rotatable bonds is 4. The van der Waals surface area contributed by atoms with Gasteiger partial charge >= 0.3 is 0 Å². The molecule has 0 unspecified atom stereocenters. The molecule has 0 fully saturated rings. The third-order valence-electron chi connectivity index (χ3n) is 6.73. The van der Waals surface area contributed by atoms with Crippen LogP contribution in [0.1, 0.15) is 57.9 Å². The Labute approximate surface area is 204 Å². The van der Waals surface area contributed by atoms with E-state index in [0.29, 0.717) is 42.8 Å². The lowest BCUT2D eigenvalue weighted by molar-refractivity contribution is 0.0871. The first-order chi connectivity index (χ1) is 17.0. The summed E-state index contributed by atoms with van der Waals surface area (Å²) in [6.45, 7) is 8.28. The minimum Gasteiger partial charge on any atom is -0.478 e. The highest BCUT2D eigenvalue weighted by atomic mass is 16.7. The predicted octanol–water partition coefficient (Wildman–Crippen LogP) is 5.82. The van der Waals surface area contributed by atoms with Gasteiger partial charge in [-0.1, -0.05) is 44.2 Å². The van der Waals surface area contributed by atoms with Crippen molar-refractivity contribution in [3.63, 3.8) is 0 Å². The lowest BCUT2D eigenvalue weighted by Gasteiger charge is -2.30. The van der Waals surface area contributed by atoms with Gasteiger partial charge in [-0.05, 0) is 59.4 Å². The number of benzene rings is 3. The average Bonchev–Trinajstić information content (AvgIpc) is 3.44. The van der Waals surface area contributed by atoms with Crippen molar-refractivity contribution < 1.29 is 23.7 Å². The average molecular weight is 470 g/mol. The fourth-order valence-electron chi connectivity index (χ4n) is 4.80. The van der Waals surface area contributed by atoms with Crippen molar-refractivity contribution in [3.05, 3.63) is 87.7 Å². The SMILES string of the molecule is Cc1cc2c(c3c1C(=O)/C(=C/c1ccc(C(C)C)cc1)O3)CN(Cc1ccc3c(c1)OCO3)CO2. The Morgan fingerprint density at radius 2 is 1.77 bits per heavy atom. The molecular formula is C29H27NO5. The molecule has 6 rings (SSSR count). The van der Waals surface area contributed by atoms with Gasteiger partial charge in [-0.15, -0.1) is 0 Å². The molecule has 0 spiro atoms. The first-order valence-corrected chi connectivity index (χ1v) is 11.9. The van der Waals surface area contributed by atoms with Gasteiger partial charge in [0.15, 0.2) is 17.3 Å².